The van der Waals surface area contributed by atoms with Crippen molar-refractivity contribution in [1.29, 1.82) is 0 Å². The molecule has 0 N–H and O–H groups in total. The number of carbonyl (C=O) groups is 2. The van der Waals surface area contributed by atoms with Gasteiger partial charge < -0.3 is 14.4 Å². The van der Waals surface area contributed by atoms with Crippen LogP contribution in [0.2, 0.25) is 0 Å². The fourth-order valence-electron chi connectivity index (χ4n) is 2.64. The molecule has 1 aromatic rings. The van der Waals surface area contributed by atoms with Crippen LogP contribution in [0.15, 0.2) is 24.3 Å². The Kier molecular flexibility index (Phi) is 6.71. The molecule has 0 saturated carbocycles. The molecule has 0 aliphatic carbocycles. The van der Waals surface area contributed by atoms with E-state index in [1.165, 1.54) is 0 Å². The molecule has 0 aromatic heterocycles. The summed E-state index contributed by atoms with van der Waals surface area (Å²) in [7, 11) is 0. The predicted molar refractivity (Wildman–Crippen MR) is 88.1 cm³/mol. The van der Waals surface area contributed by atoms with Gasteiger partial charge in [-0.3, -0.25) is 4.79 Å². The van der Waals surface area contributed by atoms with Crippen molar-refractivity contribution in [3.05, 3.63) is 29.8 Å². The Labute approximate surface area is 141 Å². The van der Waals surface area contributed by atoms with Crippen molar-refractivity contribution in [1.82, 2.24) is 4.90 Å². The zero-order valence-electron chi connectivity index (χ0n) is 13.3. The molecule has 6 heteroatoms. The molecule has 0 unspecified atom stereocenters. The highest BCUT2D eigenvalue weighted by atomic mass is 35.5. The molecule has 1 heterocycles. The van der Waals surface area contributed by atoms with Gasteiger partial charge in [0.2, 0.25) is 0 Å². The largest absolute Gasteiger partial charge is 0.494 e. The van der Waals surface area contributed by atoms with Crippen molar-refractivity contribution >= 4 is 22.9 Å². The van der Waals surface area contributed by atoms with Gasteiger partial charge in [-0.2, -0.15) is 0 Å². The van der Waals surface area contributed by atoms with Gasteiger partial charge in [0.05, 0.1) is 18.8 Å². The Hall–Kier alpha value is -1.75. The van der Waals surface area contributed by atoms with Crippen LogP contribution in [0.1, 0.15) is 36.5 Å². The lowest BCUT2D eigenvalue weighted by Crippen LogP contribution is -2.35. The van der Waals surface area contributed by atoms with Crippen LogP contribution in [0.25, 0.3) is 0 Å². The molecule has 1 fully saturated rings. The zero-order valence-corrected chi connectivity index (χ0v) is 14.1. The summed E-state index contributed by atoms with van der Waals surface area (Å²) in [5, 5.41) is -0.360. The Morgan fingerprint density at radius 1 is 1.22 bits per heavy atom. The van der Waals surface area contributed by atoms with Crippen molar-refractivity contribution in [2.45, 2.75) is 26.2 Å². The summed E-state index contributed by atoms with van der Waals surface area (Å²) in [5.41, 5.74) is 0.525. The quantitative estimate of drug-likeness (QED) is 0.450. The van der Waals surface area contributed by atoms with Crippen LogP contribution in [-0.2, 0) is 4.74 Å². The zero-order chi connectivity index (χ0) is 16.7. The third-order valence-corrected chi connectivity index (χ3v) is 4.26. The van der Waals surface area contributed by atoms with Gasteiger partial charge in [0.1, 0.15) is 5.75 Å². The van der Waals surface area contributed by atoms with E-state index < -0.39 is 0 Å². The number of hydrogen-bond acceptors (Lipinski definition) is 4. The van der Waals surface area contributed by atoms with Crippen LogP contribution in [0.5, 0.6) is 5.75 Å². The van der Waals surface area contributed by atoms with Crippen LogP contribution in [0.3, 0.4) is 0 Å². The first-order valence-corrected chi connectivity index (χ1v) is 8.32. The van der Waals surface area contributed by atoms with E-state index in [4.69, 9.17) is 21.1 Å². The molecule has 0 bridgehead atoms. The van der Waals surface area contributed by atoms with Gasteiger partial charge >= 0.3 is 11.3 Å². The van der Waals surface area contributed by atoms with Crippen molar-refractivity contribution in [3.8, 4) is 5.75 Å². The minimum Gasteiger partial charge on any atom is -0.494 e. The van der Waals surface area contributed by atoms with E-state index in [0.29, 0.717) is 24.7 Å². The van der Waals surface area contributed by atoms with E-state index in [1.54, 1.807) is 36.1 Å². The van der Waals surface area contributed by atoms with Gasteiger partial charge in [-0.15, -0.1) is 0 Å². The van der Waals surface area contributed by atoms with E-state index in [9.17, 15) is 9.59 Å². The Morgan fingerprint density at radius 3 is 2.43 bits per heavy atom. The number of benzene rings is 1. The smallest absolute Gasteiger partial charge is 0.338 e. The fraction of sp³-hybridized carbons (Fsp3) is 0.529. The molecule has 1 aliphatic rings. The molecule has 1 aliphatic heterocycles. The summed E-state index contributed by atoms with van der Waals surface area (Å²) >= 11 is 5.47. The summed E-state index contributed by atoms with van der Waals surface area (Å²) < 4.78 is 10.7. The standard InChI is InChI=1S/C17H22ClNO4/c1-2-22-16(20)14-3-5-15(6-4-14)23-12-9-13-7-10-19(11-8-13)17(18)21/h3-6,13H,2,7-12H2,1H3. The van der Waals surface area contributed by atoms with Crippen LogP contribution >= 0.6 is 11.6 Å². The second-order valence-corrected chi connectivity index (χ2v) is 5.89. The fourth-order valence-corrected chi connectivity index (χ4v) is 2.81. The predicted octanol–water partition coefficient (Wildman–Crippen LogP) is 3.70. The lowest BCUT2D eigenvalue weighted by Gasteiger charge is -2.30. The highest BCUT2D eigenvalue weighted by molar-refractivity contribution is 6.62. The third kappa shape index (κ3) is 5.43. The lowest BCUT2D eigenvalue weighted by molar-refractivity contribution is 0.0526. The number of amides is 1. The molecule has 0 radical (unpaired) electrons. The molecule has 5 nitrogen and oxygen atoms in total. The third-order valence-electron chi connectivity index (χ3n) is 4.02. The minimum atomic E-state index is -0.360. The van der Waals surface area contributed by atoms with Gasteiger partial charge in [-0.1, -0.05) is 0 Å². The molecular formula is C17H22ClNO4. The molecular weight excluding hydrogens is 318 g/mol. The van der Waals surface area contributed by atoms with Gasteiger partial charge in [0, 0.05) is 13.1 Å². The minimum absolute atomic E-state index is 0.320. The first kappa shape index (κ1) is 17.6. The summed E-state index contributed by atoms with van der Waals surface area (Å²) in [6, 6.07) is 6.97. The van der Waals surface area contributed by atoms with E-state index in [-0.39, 0.29) is 11.3 Å². The average molecular weight is 340 g/mol. The summed E-state index contributed by atoms with van der Waals surface area (Å²) in [6.45, 7) is 4.22. The normalized spacial score (nSPS) is 15.3. The van der Waals surface area contributed by atoms with Gasteiger partial charge in [0.25, 0.3) is 0 Å². The van der Waals surface area contributed by atoms with Crippen molar-refractivity contribution < 1.29 is 19.1 Å². The van der Waals surface area contributed by atoms with E-state index in [2.05, 4.69) is 0 Å². The monoisotopic (exact) mass is 339 g/mol. The molecule has 0 atom stereocenters. The van der Waals surface area contributed by atoms with Crippen molar-refractivity contribution in [3.63, 3.8) is 0 Å². The maximum atomic E-state index is 11.6. The maximum Gasteiger partial charge on any atom is 0.338 e. The number of halogens is 1. The summed E-state index contributed by atoms with van der Waals surface area (Å²) in [4.78, 5) is 24.3. The molecule has 23 heavy (non-hydrogen) atoms. The molecule has 2 rings (SSSR count). The molecule has 1 aromatic carbocycles. The Morgan fingerprint density at radius 2 is 1.87 bits per heavy atom. The van der Waals surface area contributed by atoms with Gasteiger partial charge in [-0.25, -0.2) is 4.79 Å². The van der Waals surface area contributed by atoms with E-state index in [1.807, 2.05) is 0 Å². The first-order chi connectivity index (χ1) is 11.1. The first-order valence-electron chi connectivity index (χ1n) is 7.94. The molecule has 0 spiro atoms. The van der Waals surface area contributed by atoms with Gasteiger partial charge in [-0.05, 0) is 68.0 Å². The molecule has 126 valence electrons. The maximum absolute atomic E-state index is 11.6. The average Bonchev–Trinajstić information content (AvgIpc) is 2.56. The molecule has 1 amide bonds. The second kappa shape index (κ2) is 8.77. The Bertz CT molecular complexity index is 524. The number of ether oxygens (including phenoxy) is 2. The topological polar surface area (TPSA) is 55.8 Å². The van der Waals surface area contributed by atoms with Crippen molar-refractivity contribution in [2.75, 3.05) is 26.3 Å². The highest BCUT2D eigenvalue weighted by Crippen LogP contribution is 2.22. The summed E-state index contributed by atoms with van der Waals surface area (Å²) in [5.74, 6) is 0.979. The van der Waals surface area contributed by atoms with Crippen LogP contribution in [0.4, 0.5) is 4.79 Å². The second-order valence-electron chi connectivity index (χ2n) is 5.57. The van der Waals surface area contributed by atoms with Crippen molar-refractivity contribution in [2.24, 2.45) is 5.92 Å². The van der Waals surface area contributed by atoms with Crippen LogP contribution in [-0.4, -0.2) is 42.5 Å². The highest BCUT2D eigenvalue weighted by Gasteiger charge is 2.21. The van der Waals surface area contributed by atoms with Crippen LogP contribution < -0.4 is 4.74 Å². The van der Waals surface area contributed by atoms with Gasteiger partial charge in [0.15, 0.2) is 0 Å². The Balaban J connectivity index is 1.70. The van der Waals surface area contributed by atoms with E-state index >= 15 is 0 Å². The number of nitrogens with zero attached hydrogens (tertiary/aromatic N) is 1. The SMILES string of the molecule is CCOC(=O)c1ccc(OCCC2CCN(C(=O)Cl)CC2)cc1. The number of likely N-dealkylation sites (tertiary alicyclic amines) is 1. The number of hydrogen-bond donors (Lipinski definition) is 0. The summed E-state index contributed by atoms with van der Waals surface area (Å²) in [6.07, 6.45) is 2.87. The number of carbonyl (C=O) groups excluding carboxylic acids is 2. The van der Waals surface area contributed by atoms with E-state index in [0.717, 1.165) is 38.1 Å². The number of esters is 1. The molecule has 1 saturated heterocycles. The van der Waals surface area contributed by atoms with Crippen LogP contribution in [0, 0.1) is 5.92 Å². The number of piperidine rings is 1. The lowest BCUT2D eigenvalue weighted by atomic mass is 9.94. The number of rotatable bonds is 6.